The minimum atomic E-state index is -0.176. The topological polar surface area (TPSA) is 48.5 Å². The highest BCUT2D eigenvalue weighted by molar-refractivity contribution is 6.30. The summed E-state index contributed by atoms with van der Waals surface area (Å²) >= 11 is 5.94. The molecule has 1 spiro atoms. The van der Waals surface area contributed by atoms with Gasteiger partial charge in [-0.2, -0.15) is 0 Å². The van der Waals surface area contributed by atoms with Gasteiger partial charge in [0.15, 0.2) is 0 Å². The zero-order chi connectivity index (χ0) is 19.6. The molecular formula is C22H27ClN4O. The third kappa shape index (κ3) is 4.15. The maximum atomic E-state index is 12.9. The molecule has 2 aliphatic rings. The van der Waals surface area contributed by atoms with Gasteiger partial charge in [-0.15, -0.1) is 0 Å². The van der Waals surface area contributed by atoms with Gasteiger partial charge in [0.05, 0.1) is 10.7 Å². The van der Waals surface area contributed by atoms with Crippen LogP contribution in [-0.4, -0.2) is 45.9 Å². The number of nitrogens with zero attached hydrogens (tertiary/aromatic N) is 3. The fourth-order valence-electron chi connectivity index (χ4n) is 4.26. The Morgan fingerprint density at radius 1 is 1.18 bits per heavy atom. The first-order chi connectivity index (χ1) is 13.6. The van der Waals surface area contributed by atoms with E-state index in [0.29, 0.717) is 18.0 Å². The molecule has 1 aromatic carbocycles. The van der Waals surface area contributed by atoms with Crippen LogP contribution in [0.5, 0.6) is 0 Å². The Morgan fingerprint density at radius 2 is 1.96 bits per heavy atom. The second-order valence-electron chi connectivity index (χ2n) is 7.89. The molecule has 0 unspecified atom stereocenters. The summed E-state index contributed by atoms with van der Waals surface area (Å²) in [6, 6.07) is 12.3. The lowest BCUT2D eigenvalue weighted by Crippen LogP contribution is -2.53. The second kappa shape index (κ2) is 8.10. The molecule has 2 aliphatic heterocycles. The van der Waals surface area contributed by atoms with Crippen molar-refractivity contribution in [1.82, 2.24) is 14.8 Å². The molecule has 0 radical (unpaired) electrons. The molecule has 28 heavy (non-hydrogen) atoms. The average molecular weight is 399 g/mol. The van der Waals surface area contributed by atoms with E-state index in [1.165, 1.54) is 11.3 Å². The van der Waals surface area contributed by atoms with Crippen LogP contribution in [0, 0.1) is 0 Å². The molecule has 4 rings (SSSR count). The van der Waals surface area contributed by atoms with Crippen LogP contribution >= 0.6 is 11.6 Å². The number of aromatic nitrogens is 1. The fraction of sp³-hybridized carbons (Fsp3) is 0.455. The van der Waals surface area contributed by atoms with E-state index in [4.69, 9.17) is 11.6 Å². The van der Waals surface area contributed by atoms with Crippen molar-refractivity contribution >= 4 is 23.2 Å². The lowest BCUT2D eigenvalue weighted by Gasteiger charge is -2.45. The normalized spacial score (nSPS) is 19.6. The number of anilines is 1. The van der Waals surface area contributed by atoms with Crippen LogP contribution in [0.15, 0.2) is 42.6 Å². The summed E-state index contributed by atoms with van der Waals surface area (Å²) in [5.74, 6) is 0.248. The molecule has 6 heteroatoms. The Bertz CT molecular complexity index is 831. The van der Waals surface area contributed by atoms with Crippen LogP contribution in [0.3, 0.4) is 0 Å². The molecule has 2 aromatic rings. The van der Waals surface area contributed by atoms with E-state index in [1.54, 1.807) is 6.20 Å². The van der Waals surface area contributed by atoms with E-state index < -0.39 is 0 Å². The molecule has 3 heterocycles. The Labute approximate surface area is 171 Å². The lowest BCUT2D eigenvalue weighted by molar-refractivity contribution is -0.133. The highest BCUT2D eigenvalue weighted by Gasteiger charge is 2.39. The number of rotatable bonds is 3. The highest BCUT2D eigenvalue weighted by atomic mass is 35.5. The van der Waals surface area contributed by atoms with Crippen molar-refractivity contribution in [2.24, 2.45) is 0 Å². The molecule has 0 saturated carbocycles. The largest absolute Gasteiger partial charge is 0.379 e. The van der Waals surface area contributed by atoms with Gasteiger partial charge in [-0.1, -0.05) is 29.8 Å². The highest BCUT2D eigenvalue weighted by Crippen LogP contribution is 2.35. The third-order valence-corrected chi connectivity index (χ3v) is 6.21. The summed E-state index contributed by atoms with van der Waals surface area (Å²) in [6.45, 7) is 6.20. The molecule has 1 amide bonds. The first-order valence-corrected chi connectivity index (χ1v) is 10.4. The van der Waals surface area contributed by atoms with Crippen molar-refractivity contribution in [1.29, 1.82) is 0 Å². The van der Waals surface area contributed by atoms with Crippen LogP contribution in [0.1, 0.15) is 37.4 Å². The van der Waals surface area contributed by atoms with E-state index in [9.17, 15) is 4.79 Å². The summed E-state index contributed by atoms with van der Waals surface area (Å²) in [7, 11) is 0. The molecular weight excluding hydrogens is 372 g/mol. The molecule has 5 nitrogen and oxygen atoms in total. The van der Waals surface area contributed by atoms with Gasteiger partial charge in [-0.05, 0) is 43.5 Å². The molecule has 0 atom stereocenters. The number of halogens is 1. The van der Waals surface area contributed by atoms with E-state index in [0.717, 1.165) is 44.7 Å². The Morgan fingerprint density at radius 3 is 2.68 bits per heavy atom. The number of hydrogen-bond donors (Lipinski definition) is 1. The van der Waals surface area contributed by atoms with E-state index in [-0.39, 0.29) is 11.4 Å². The number of fused-ring (bicyclic) bond motifs is 1. The summed E-state index contributed by atoms with van der Waals surface area (Å²) in [5, 5.41) is 4.44. The minimum absolute atomic E-state index is 0.176. The van der Waals surface area contributed by atoms with Crippen molar-refractivity contribution in [2.45, 2.75) is 44.8 Å². The lowest BCUT2D eigenvalue weighted by atomic mass is 9.82. The predicted molar refractivity (Wildman–Crippen MR) is 112 cm³/mol. The number of carbonyl (C=O) groups excluding carboxylic acids is 1. The molecule has 1 N–H and O–H groups in total. The number of hydrogen-bond acceptors (Lipinski definition) is 4. The molecule has 1 fully saturated rings. The van der Waals surface area contributed by atoms with Gasteiger partial charge in [0.25, 0.3) is 0 Å². The summed E-state index contributed by atoms with van der Waals surface area (Å²) in [6.07, 6.45) is 4.15. The smallest absolute Gasteiger partial charge is 0.225 e. The Kier molecular flexibility index (Phi) is 5.56. The zero-order valence-corrected chi connectivity index (χ0v) is 17.1. The third-order valence-electron chi connectivity index (χ3n) is 5.99. The molecule has 1 aromatic heterocycles. The number of nitrogens with one attached hydrogen (secondary N) is 1. The van der Waals surface area contributed by atoms with Gasteiger partial charge in [0.1, 0.15) is 0 Å². The van der Waals surface area contributed by atoms with Crippen LogP contribution in [0.25, 0.3) is 0 Å². The van der Waals surface area contributed by atoms with Crippen molar-refractivity contribution in [2.75, 3.05) is 25.0 Å². The number of pyridine rings is 1. The summed E-state index contributed by atoms with van der Waals surface area (Å²) < 4.78 is 0. The van der Waals surface area contributed by atoms with Crippen LogP contribution in [0.2, 0.25) is 5.02 Å². The number of para-hydroxylation sites is 1. The standard InChI is InChI=1S/C22H27ClN4O/c1-2-27-15-17-5-3-4-6-20(17)25-22(13-21(27)28)9-11-26(12-10-22)16-19-8-7-18(23)14-24-19/h3-8,14,25H,2,9-13,15-16H2,1H3. The van der Waals surface area contributed by atoms with E-state index in [1.807, 2.05) is 17.0 Å². The van der Waals surface area contributed by atoms with Gasteiger partial charge in [-0.25, -0.2) is 0 Å². The predicted octanol–water partition coefficient (Wildman–Crippen LogP) is 3.93. The SMILES string of the molecule is CCN1Cc2ccccc2NC2(CCN(Cc3ccc(Cl)cn3)CC2)CC1=O. The van der Waals surface area contributed by atoms with Crippen molar-refractivity contribution < 1.29 is 4.79 Å². The van der Waals surface area contributed by atoms with Crippen LogP contribution in [-0.2, 0) is 17.9 Å². The summed E-state index contributed by atoms with van der Waals surface area (Å²) in [4.78, 5) is 21.7. The molecule has 0 aliphatic carbocycles. The number of likely N-dealkylation sites (tertiary alicyclic amines) is 1. The maximum Gasteiger partial charge on any atom is 0.225 e. The van der Waals surface area contributed by atoms with Gasteiger partial charge in [0.2, 0.25) is 5.91 Å². The Balaban J connectivity index is 1.50. The quantitative estimate of drug-likeness (QED) is 0.850. The summed E-state index contributed by atoms with van der Waals surface area (Å²) in [5.41, 5.74) is 3.22. The van der Waals surface area contributed by atoms with Crippen molar-refractivity contribution in [3.8, 4) is 0 Å². The maximum absolute atomic E-state index is 12.9. The van der Waals surface area contributed by atoms with Gasteiger partial charge >= 0.3 is 0 Å². The number of carbonyl (C=O) groups is 1. The van der Waals surface area contributed by atoms with Gasteiger partial charge in [0, 0.05) is 56.6 Å². The van der Waals surface area contributed by atoms with Gasteiger partial charge < -0.3 is 10.2 Å². The minimum Gasteiger partial charge on any atom is -0.379 e. The number of benzene rings is 1. The van der Waals surface area contributed by atoms with Gasteiger partial charge in [-0.3, -0.25) is 14.7 Å². The van der Waals surface area contributed by atoms with Crippen LogP contribution < -0.4 is 5.32 Å². The first kappa shape index (κ1) is 19.2. The van der Waals surface area contributed by atoms with Crippen molar-refractivity contribution in [3.05, 3.63) is 58.9 Å². The van der Waals surface area contributed by atoms with E-state index >= 15 is 0 Å². The zero-order valence-electron chi connectivity index (χ0n) is 16.3. The average Bonchev–Trinajstić information content (AvgIpc) is 2.69. The molecule has 1 saturated heterocycles. The molecule has 0 bridgehead atoms. The monoisotopic (exact) mass is 398 g/mol. The molecule has 148 valence electrons. The number of piperidine rings is 1. The van der Waals surface area contributed by atoms with Crippen molar-refractivity contribution in [3.63, 3.8) is 0 Å². The Hall–Kier alpha value is -2.11. The first-order valence-electron chi connectivity index (χ1n) is 10.0. The fourth-order valence-corrected chi connectivity index (χ4v) is 4.38. The van der Waals surface area contributed by atoms with Crippen LogP contribution in [0.4, 0.5) is 5.69 Å². The number of amides is 1. The van der Waals surface area contributed by atoms with E-state index in [2.05, 4.69) is 46.4 Å². The second-order valence-corrected chi connectivity index (χ2v) is 8.33.